The number of ether oxygens (including phenoxy) is 3. The number of methoxy groups -OCH3 is 1. The van der Waals surface area contributed by atoms with Gasteiger partial charge in [-0.15, -0.1) is 0 Å². The van der Waals surface area contributed by atoms with E-state index >= 15 is 0 Å². The summed E-state index contributed by atoms with van der Waals surface area (Å²) in [6.07, 6.45) is -4.54. The minimum Gasteiger partial charge on any atom is -0.497 e. The highest BCUT2D eigenvalue weighted by Gasteiger charge is 2.36. The molecule has 0 saturated carbocycles. The number of hydrogen-bond donors (Lipinski definition) is 1. The lowest BCUT2D eigenvalue weighted by atomic mass is 10.1. The van der Waals surface area contributed by atoms with Crippen LogP contribution in [0.5, 0.6) is 23.0 Å². The van der Waals surface area contributed by atoms with E-state index in [1.165, 1.54) is 25.3 Å². The maximum atomic E-state index is 13.6. The molecule has 0 aliphatic carbocycles. The minimum absolute atomic E-state index is 0.0208. The van der Waals surface area contributed by atoms with Gasteiger partial charge < -0.3 is 19.1 Å². The van der Waals surface area contributed by atoms with Crippen LogP contribution in [-0.4, -0.2) is 46.7 Å². The van der Waals surface area contributed by atoms with Crippen LogP contribution in [0, 0.1) is 0 Å². The van der Waals surface area contributed by atoms with Gasteiger partial charge in [-0.05, 0) is 55.9 Å². The zero-order valence-electron chi connectivity index (χ0n) is 19.9. The third-order valence-corrected chi connectivity index (χ3v) is 7.34. The second kappa shape index (κ2) is 10.7. The van der Waals surface area contributed by atoms with Gasteiger partial charge in [0.1, 0.15) is 29.1 Å². The molecule has 12 heteroatoms. The fraction of sp³-hybridized carbons (Fsp3) is 0.280. The van der Waals surface area contributed by atoms with Crippen molar-refractivity contribution in [2.75, 3.05) is 32.0 Å². The first-order valence-electron chi connectivity index (χ1n) is 11.2. The average molecular weight is 557 g/mol. The lowest BCUT2D eigenvalue weighted by Gasteiger charge is -2.19. The Bertz CT molecular complexity index is 1380. The second-order valence-corrected chi connectivity index (χ2v) is 10.6. The van der Waals surface area contributed by atoms with Crippen LogP contribution in [0.2, 0.25) is 5.02 Å². The SMILES string of the molecule is COc1cccc(Oc2ccc(S(=O)(=O)Nc3ccc(C(F)(F)F)c(O[C@@H]4CCN(C)C4)c3)cc2Cl)c1. The summed E-state index contributed by atoms with van der Waals surface area (Å²) < 4.78 is 85.4. The Morgan fingerprint density at radius 3 is 2.43 bits per heavy atom. The second-order valence-electron chi connectivity index (χ2n) is 8.48. The lowest BCUT2D eigenvalue weighted by molar-refractivity contribution is -0.139. The number of halogens is 4. The predicted molar refractivity (Wildman–Crippen MR) is 133 cm³/mol. The first kappa shape index (κ1) is 26.9. The van der Waals surface area contributed by atoms with E-state index in [4.69, 9.17) is 25.8 Å². The van der Waals surface area contributed by atoms with Crippen molar-refractivity contribution in [2.24, 2.45) is 0 Å². The van der Waals surface area contributed by atoms with Crippen molar-refractivity contribution in [3.63, 3.8) is 0 Å². The number of sulfonamides is 1. The molecule has 1 N–H and O–H groups in total. The van der Waals surface area contributed by atoms with Gasteiger partial charge in [0.15, 0.2) is 0 Å². The molecule has 1 fully saturated rings. The zero-order valence-corrected chi connectivity index (χ0v) is 21.5. The maximum Gasteiger partial charge on any atom is 0.419 e. The van der Waals surface area contributed by atoms with Gasteiger partial charge in [-0.1, -0.05) is 17.7 Å². The number of nitrogens with one attached hydrogen (secondary N) is 1. The maximum absolute atomic E-state index is 13.6. The highest BCUT2D eigenvalue weighted by Crippen LogP contribution is 2.39. The Labute approximate surface area is 217 Å². The molecule has 0 spiro atoms. The molecule has 7 nitrogen and oxygen atoms in total. The zero-order chi connectivity index (χ0) is 26.8. The van der Waals surface area contributed by atoms with E-state index in [0.717, 1.165) is 18.2 Å². The summed E-state index contributed by atoms with van der Waals surface area (Å²) in [5, 5.41) is 0.0208. The summed E-state index contributed by atoms with van der Waals surface area (Å²) in [5.41, 5.74) is -1.06. The summed E-state index contributed by atoms with van der Waals surface area (Å²) in [7, 11) is -0.837. The summed E-state index contributed by atoms with van der Waals surface area (Å²) >= 11 is 6.27. The van der Waals surface area contributed by atoms with E-state index < -0.39 is 33.6 Å². The lowest BCUT2D eigenvalue weighted by Crippen LogP contribution is -2.23. The van der Waals surface area contributed by atoms with Crippen molar-refractivity contribution >= 4 is 27.3 Å². The molecule has 1 saturated heterocycles. The van der Waals surface area contributed by atoms with Gasteiger partial charge in [0.05, 0.1) is 28.3 Å². The van der Waals surface area contributed by atoms with Crippen molar-refractivity contribution in [1.29, 1.82) is 0 Å². The number of nitrogens with zero attached hydrogens (tertiary/aromatic N) is 1. The molecule has 1 atom stereocenters. The smallest absolute Gasteiger partial charge is 0.419 e. The molecule has 0 bridgehead atoms. The van der Waals surface area contributed by atoms with Gasteiger partial charge in [-0.25, -0.2) is 8.42 Å². The largest absolute Gasteiger partial charge is 0.497 e. The Kier molecular flexibility index (Phi) is 7.77. The Morgan fingerprint density at radius 2 is 1.78 bits per heavy atom. The van der Waals surface area contributed by atoms with Gasteiger partial charge in [0.2, 0.25) is 0 Å². The molecule has 3 aromatic carbocycles. The molecule has 4 rings (SSSR count). The van der Waals surface area contributed by atoms with Gasteiger partial charge >= 0.3 is 6.18 Å². The molecule has 37 heavy (non-hydrogen) atoms. The molecular formula is C25H24ClF3N2O5S. The van der Waals surface area contributed by atoms with Crippen LogP contribution >= 0.6 is 11.6 Å². The molecule has 198 valence electrons. The highest BCUT2D eigenvalue weighted by atomic mass is 35.5. The van der Waals surface area contributed by atoms with Gasteiger partial charge in [-0.2, -0.15) is 13.2 Å². The summed E-state index contributed by atoms with van der Waals surface area (Å²) in [6.45, 7) is 1.16. The van der Waals surface area contributed by atoms with Crippen molar-refractivity contribution < 1.29 is 35.8 Å². The topological polar surface area (TPSA) is 77.1 Å². The number of benzene rings is 3. The van der Waals surface area contributed by atoms with E-state index in [1.807, 2.05) is 11.9 Å². The number of hydrogen-bond acceptors (Lipinski definition) is 6. The standard InChI is InChI=1S/C25H24ClF3N2O5S/c1-31-11-10-19(15-31)36-24-12-16(6-8-21(24)25(27,28)29)30-37(32,33)20-7-9-23(22(26)14-20)35-18-5-3-4-17(13-18)34-2/h3-9,12-14,19,30H,10-11,15H2,1-2H3/t19-/m1/s1. The van der Waals surface area contributed by atoms with Crippen molar-refractivity contribution in [1.82, 2.24) is 4.90 Å². The van der Waals surface area contributed by atoms with Gasteiger partial charge in [0.25, 0.3) is 10.0 Å². The third-order valence-electron chi connectivity index (χ3n) is 5.66. The molecular weight excluding hydrogens is 533 g/mol. The fourth-order valence-corrected chi connectivity index (χ4v) is 5.18. The minimum atomic E-state index is -4.66. The molecule has 1 aliphatic heterocycles. The van der Waals surface area contributed by atoms with Gasteiger partial charge in [-0.3, -0.25) is 4.72 Å². The van der Waals surface area contributed by atoms with Crippen LogP contribution in [0.15, 0.2) is 65.6 Å². The van der Waals surface area contributed by atoms with Crippen LogP contribution < -0.4 is 18.9 Å². The summed E-state index contributed by atoms with van der Waals surface area (Å²) in [5.74, 6) is 0.770. The van der Waals surface area contributed by atoms with Crippen LogP contribution in [-0.2, 0) is 16.2 Å². The van der Waals surface area contributed by atoms with Crippen molar-refractivity contribution in [2.45, 2.75) is 23.6 Å². The molecule has 3 aromatic rings. The number of anilines is 1. The normalized spacial score (nSPS) is 16.4. The predicted octanol–water partition coefficient (Wildman–Crippen LogP) is 6.04. The fourth-order valence-electron chi connectivity index (χ4n) is 3.83. The monoisotopic (exact) mass is 556 g/mol. The quantitative estimate of drug-likeness (QED) is 0.364. The van der Waals surface area contributed by atoms with Crippen molar-refractivity contribution in [3.05, 3.63) is 71.2 Å². The van der Waals surface area contributed by atoms with Crippen LogP contribution in [0.4, 0.5) is 18.9 Å². The first-order valence-corrected chi connectivity index (χ1v) is 13.0. The highest BCUT2D eigenvalue weighted by molar-refractivity contribution is 7.92. The molecule has 0 unspecified atom stereocenters. The number of likely N-dealkylation sites (N-methyl/N-ethyl adjacent to an activating group) is 1. The first-order chi connectivity index (χ1) is 17.4. The van der Waals surface area contributed by atoms with E-state index in [9.17, 15) is 21.6 Å². The van der Waals surface area contributed by atoms with E-state index in [2.05, 4.69) is 4.72 Å². The molecule has 1 heterocycles. The van der Waals surface area contributed by atoms with E-state index in [0.29, 0.717) is 31.0 Å². The molecule has 0 aromatic heterocycles. The number of likely N-dealkylation sites (tertiary alicyclic amines) is 1. The van der Waals surface area contributed by atoms with Crippen LogP contribution in [0.25, 0.3) is 0 Å². The Balaban J connectivity index is 1.55. The van der Waals surface area contributed by atoms with E-state index in [1.54, 1.807) is 24.3 Å². The Morgan fingerprint density at radius 1 is 1.03 bits per heavy atom. The number of rotatable bonds is 8. The van der Waals surface area contributed by atoms with E-state index in [-0.39, 0.29) is 21.4 Å². The molecule has 1 aliphatic rings. The number of alkyl halides is 3. The summed E-state index contributed by atoms with van der Waals surface area (Å²) in [4.78, 5) is 1.74. The Hall–Kier alpha value is -3.15. The third kappa shape index (κ3) is 6.60. The molecule has 0 amide bonds. The molecule has 0 radical (unpaired) electrons. The van der Waals surface area contributed by atoms with Crippen LogP contribution in [0.1, 0.15) is 12.0 Å². The average Bonchev–Trinajstić information content (AvgIpc) is 3.24. The summed E-state index contributed by atoms with van der Waals surface area (Å²) in [6, 6.07) is 13.5. The van der Waals surface area contributed by atoms with Crippen molar-refractivity contribution in [3.8, 4) is 23.0 Å². The van der Waals surface area contributed by atoms with Crippen LogP contribution in [0.3, 0.4) is 0 Å². The van der Waals surface area contributed by atoms with Gasteiger partial charge in [0, 0.05) is 25.2 Å².